The maximum Gasteiger partial charge on any atom is 0.145 e. The first-order valence-electron chi connectivity index (χ1n) is 8.00. The summed E-state index contributed by atoms with van der Waals surface area (Å²) >= 11 is 0. The van der Waals surface area contributed by atoms with Crippen LogP contribution in [0.25, 0.3) is 0 Å². The maximum absolute atomic E-state index is 5.49. The topological polar surface area (TPSA) is 70.3 Å². The van der Waals surface area contributed by atoms with Gasteiger partial charge in [0.2, 0.25) is 0 Å². The third kappa shape index (κ3) is 5.47. The molecule has 1 aromatic heterocycles. The first-order valence-corrected chi connectivity index (χ1v) is 8.00. The maximum atomic E-state index is 5.49. The lowest BCUT2D eigenvalue weighted by molar-refractivity contribution is 0.300. The van der Waals surface area contributed by atoms with Crippen molar-refractivity contribution < 1.29 is 0 Å². The van der Waals surface area contributed by atoms with Gasteiger partial charge >= 0.3 is 0 Å². The highest BCUT2D eigenvalue weighted by Gasteiger charge is 2.10. The lowest BCUT2D eigenvalue weighted by Crippen LogP contribution is -2.30. The van der Waals surface area contributed by atoms with Gasteiger partial charge < -0.3 is 15.2 Å². The first-order chi connectivity index (χ1) is 10.2. The van der Waals surface area contributed by atoms with Crippen molar-refractivity contribution in [3.8, 4) is 0 Å². The summed E-state index contributed by atoms with van der Waals surface area (Å²) in [5, 5.41) is 0. The Morgan fingerprint density at radius 2 is 1.76 bits per heavy atom. The second-order valence-electron chi connectivity index (χ2n) is 4.99. The van der Waals surface area contributed by atoms with E-state index in [4.69, 9.17) is 5.84 Å². The number of aromatic nitrogens is 2. The van der Waals surface area contributed by atoms with Crippen molar-refractivity contribution >= 4 is 11.6 Å². The average Bonchev–Trinajstić information content (AvgIpc) is 2.54. The van der Waals surface area contributed by atoms with Gasteiger partial charge in [-0.15, -0.1) is 0 Å². The number of anilines is 2. The SMILES string of the molecule is CCc1nc(NN)cc(N(CC)CCCN(CC)CC)n1. The van der Waals surface area contributed by atoms with Crippen molar-refractivity contribution in [3.05, 3.63) is 11.9 Å². The number of nitrogen functional groups attached to an aromatic ring is 1. The van der Waals surface area contributed by atoms with Crippen LogP contribution in [0.15, 0.2) is 6.07 Å². The largest absolute Gasteiger partial charge is 0.357 e. The number of hydrazine groups is 1. The van der Waals surface area contributed by atoms with Crippen LogP contribution in [0.3, 0.4) is 0 Å². The number of nitrogens with two attached hydrogens (primary N) is 1. The zero-order chi connectivity index (χ0) is 15.7. The van der Waals surface area contributed by atoms with Crippen molar-refractivity contribution in [3.63, 3.8) is 0 Å². The molecule has 6 heteroatoms. The molecule has 1 heterocycles. The van der Waals surface area contributed by atoms with Crippen molar-refractivity contribution in [1.29, 1.82) is 0 Å². The van der Waals surface area contributed by atoms with Gasteiger partial charge in [0.05, 0.1) is 0 Å². The summed E-state index contributed by atoms with van der Waals surface area (Å²) in [5.74, 6) is 7.95. The van der Waals surface area contributed by atoms with E-state index < -0.39 is 0 Å². The van der Waals surface area contributed by atoms with Crippen LogP contribution in [0.5, 0.6) is 0 Å². The summed E-state index contributed by atoms with van der Waals surface area (Å²) in [5.41, 5.74) is 2.63. The van der Waals surface area contributed by atoms with Crippen molar-refractivity contribution in [2.24, 2.45) is 5.84 Å². The Kier molecular flexibility index (Phi) is 8.00. The zero-order valence-electron chi connectivity index (χ0n) is 13.9. The Morgan fingerprint density at radius 1 is 1.05 bits per heavy atom. The van der Waals surface area contributed by atoms with Crippen molar-refractivity contribution in [2.45, 2.75) is 40.5 Å². The molecule has 0 aliphatic carbocycles. The molecule has 3 N–H and O–H groups in total. The normalized spacial score (nSPS) is 11.0. The number of rotatable bonds is 10. The highest BCUT2D eigenvalue weighted by Crippen LogP contribution is 2.16. The summed E-state index contributed by atoms with van der Waals surface area (Å²) < 4.78 is 0. The zero-order valence-corrected chi connectivity index (χ0v) is 13.9. The highest BCUT2D eigenvalue weighted by atomic mass is 15.3. The van der Waals surface area contributed by atoms with E-state index in [1.807, 2.05) is 6.07 Å². The number of aryl methyl sites for hydroxylation is 1. The minimum Gasteiger partial charge on any atom is -0.357 e. The smallest absolute Gasteiger partial charge is 0.145 e. The van der Waals surface area contributed by atoms with E-state index in [1.54, 1.807) is 0 Å². The highest BCUT2D eigenvalue weighted by molar-refractivity contribution is 5.48. The van der Waals surface area contributed by atoms with E-state index in [2.05, 4.69) is 52.9 Å². The second kappa shape index (κ2) is 9.52. The van der Waals surface area contributed by atoms with E-state index in [9.17, 15) is 0 Å². The summed E-state index contributed by atoms with van der Waals surface area (Å²) in [6.07, 6.45) is 1.94. The fourth-order valence-corrected chi connectivity index (χ4v) is 2.34. The van der Waals surface area contributed by atoms with Crippen LogP contribution in [0.1, 0.15) is 39.9 Å². The summed E-state index contributed by atoms with van der Waals surface area (Å²) in [6, 6.07) is 1.92. The molecule has 6 nitrogen and oxygen atoms in total. The monoisotopic (exact) mass is 294 g/mol. The van der Waals surface area contributed by atoms with E-state index in [1.165, 1.54) is 0 Å². The van der Waals surface area contributed by atoms with Gasteiger partial charge in [-0.2, -0.15) is 0 Å². The van der Waals surface area contributed by atoms with Gasteiger partial charge in [0, 0.05) is 25.6 Å². The van der Waals surface area contributed by atoms with Crippen molar-refractivity contribution in [1.82, 2.24) is 14.9 Å². The third-order valence-corrected chi connectivity index (χ3v) is 3.73. The standard InChI is InChI=1S/C15H30N6/c1-5-13-17-14(19-16)12-15(18-13)21(8-4)11-9-10-20(6-2)7-3/h12H,5-11,16H2,1-4H3,(H,17,18,19). The molecular weight excluding hydrogens is 264 g/mol. The lowest BCUT2D eigenvalue weighted by Gasteiger charge is -2.25. The molecule has 0 unspecified atom stereocenters. The molecule has 0 fully saturated rings. The molecule has 0 saturated carbocycles. The molecule has 0 radical (unpaired) electrons. The molecule has 0 aliphatic rings. The van der Waals surface area contributed by atoms with Crippen LogP contribution >= 0.6 is 0 Å². The fourth-order valence-electron chi connectivity index (χ4n) is 2.34. The predicted molar refractivity (Wildman–Crippen MR) is 89.5 cm³/mol. The molecule has 0 atom stereocenters. The van der Waals surface area contributed by atoms with Gasteiger partial charge in [-0.25, -0.2) is 15.8 Å². The summed E-state index contributed by atoms with van der Waals surface area (Å²) in [7, 11) is 0. The Balaban J connectivity index is 2.70. The predicted octanol–water partition coefficient (Wildman–Crippen LogP) is 1.88. The molecule has 0 aliphatic heterocycles. The summed E-state index contributed by atoms with van der Waals surface area (Å²) in [4.78, 5) is 13.7. The molecule has 0 amide bonds. The lowest BCUT2D eigenvalue weighted by atomic mass is 10.3. The molecule has 21 heavy (non-hydrogen) atoms. The van der Waals surface area contributed by atoms with Crippen LogP contribution in [-0.4, -0.2) is 47.6 Å². The molecule has 1 rings (SSSR count). The van der Waals surface area contributed by atoms with Crippen LogP contribution in [0.4, 0.5) is 11.6 Å². The van der Waals surface area contributed by atoms with Crippen molar-refractivity contribution in [2.75, 3.05) is 43.0 Å². The Morgan fingerprint density at radius 3 is 2.29 bits per heavy atom. The fraction of sp³-hybridized carbons (Fsp3) is 0.733. The number of nitrogens with zero attached hydrogens (tertiary/aromatic N) is 4. The molecule has 0 saturated heterocycles. The van der Waals surface area contributed by atoms with Crippen LogP contribution in [0.2, 0.25) is 0 Å². The minimum atomic E-state index is 0.680. The minimum absolute atomic E-state index is 0.680. The van der Waals surface area contributed by atoms with Crippen LogP contribution in [0, 0.1) is 0 Å². The molecule has 120 valence electrons. The van der Waals surface area contributed by atoms with Crippen LogP contribution in [-0.2, 0) is 6.42 Å². The van der Waals surface area contributed by atoms with E-state index in [0.717, 1.165) is 57.2 Å². The Bertz CT molecular complexity index is 383. The van der Waals surface area contributed by atoms with E-state index >= 15 is 0 Å². The summed E-state index contributed by atoms with van der Waals surface area (Å²) in [6.45, 7) is 13.9. The van der Waals surface area contributed by atoms with E-state index in [-0.39, 0.29) is 0 Å². The van der Waals surface area contributed by atoms with Gasteiger partial charge in [-0.05, 0) is 33.0 Å². The molecule has 0 bridgehead atoms. The number of hydrogen-bond donors (Lipinski definition) is 2. The number of nitrogens with one attached hydrogen (secondary N) is 1. The first kappa shape index (κ1) is 17.7. The molecular formula is C15H30N6. The Labute approximate surface area is 128 Å². The number of hydrogen-bond acceptors (Lipinski definition) is 6. The quantitative estimate of drug-likeness (QED) is 0.507. The molecule has 0 spiro atoms. The van der Waals surface area contributed by atoms with Gasteiger partial charge in [0.25, 0.3) is 0 Å². The van der Waals surface area contributed by atoms with Gasteiger partial charge in [-0.1, -0.05) is 20.8 Å². The average molecular weight is 294 g/mol. The van der Waals surface area contributed by atoms with Gasteiger partial charge in [0.1, 0.15) is 17.5 Å². The Hall–Kier alpha value is -1.40. The molecule has 0 aromatic carbocycles. The second-order valence-corrected chi connectivity index (χ2v) is 4.99. The third-order valence-electron chi connectivity index (χ3n) is 3.73. The van der Waals surface area contributed by atoms with Gasteiger partial charge in [0.15, 0.2) is 0 Å². The molecule has 1 aromatic rings. The van der Waals surface area contributed by atoms with Gasteiger partial charge in [-0.3, -0.25) is 0 Å². The van der Waals surface area contributed by atoms with E-state index in [0.29, 0.717) is 5.82 Å². The van der Waals surface area contributed by atoms with Crippen LogP contribution < -0.4 is 16.2 Å².